The Labute approximate surface area is 120 Å². The van der Waals surface area contributed by atoms with E-state index in [0.717, 1.165) is 5.69 Å². The molecule has 1 heterocycles. The first kappa shape index (κ1) is 13.2. The van der Waals surface area contributed by atoms with Crippen LogP contribution in [0.15, 0.2) is 42.5 Å². The number of benzene rings is 2. The molecule has 1 aliphatic heterocycles. The van der Waals surface area contributed by atoms with Crippen molar-refractivity contribution in [3.8, 4) is 11.5 Å². The van der Waals surface area contributed by atoms with Crippen LogP contribution in [0.5, 0.6) is 11.5 Å². The summed E-state index contributed by atoms with van der Waals surface area (Å²) >= 11 is 0. The summed E-state index contributed by atoms with van der Waals surface area (Å²) in [5.74, 6) is 0.779. The first-order valence-corrected chi connectivity index (χ1v) is 6.40. The number of rotatable bonds is 4. The molecule has 0 fully saturated rings. The lowest BCUT2D eigenvalue weighted by Crippen LogP contribution is -2.21. The number of anilines is 2. The fraction of sp³-hybridized carbons (Fsp3) is 0.133. The molecule has 0 radical (unpaired) electrons. The highest BCUT2D eigenvalue weighted by Gasteiger charge is 2.13. The van der Waals surface area contributed by atoms with E-state index in [4.69, 9.17) is 9.47 Å². The van der Waals surface area contributed by atoms with E-state index < -0.39 is 0 Å². The van der Waals surface area contributed by atoms with Gasteiger partial charge in [0, 0.05) is 17.4 Å². The molecule has 0 unspecified atom stereocenters. The fourth-order valence-electron chi connectivity index (χ4n) is 1.93. The van der Waals surface area contributed by atoms with E-state index in [0.29, 0.717) is 17.2 Å². The second kappa shape index (κ2) is 5.70. The summed E-state index contributed by atoms with van der Waals surface area (Å²) in [7, 11) is 0. The lowest BCUT2D eigenvalue weighted by Gasteiger charge is -2.08. The Kier molecular flexibility index (Phi) is 3.59. The lowest BCUT2D eigenvalue weighted by molar-refractivity contribution is -0.114. The molecular formula is C15H13FN2O3. The van der Waals surface area contributed by atoms with Crippen LogP contribution in [-0.2, 0) is 4.79 Å². The highest BCUT2D eigenvalue weighted by Crippen LogP contribution is 2.34. The SMILES string of the molecule is O=C(CNc1ccc2c(c1)OCO2)Nc1ccc(F)cc1. The van der Waals surface area contributed by atoms with Gasteiger partial charge in [-0.2, -0.15) is 0 Å². The highest BCUT2D eigenvalue weighted by atomic mass is 19.1. The van der Waals surface area contributed by atoms with Crippen molar-refractivity contribution >= 4 is 17.3 Å². The van der Waals surface area contributed by atoms with Crippen molar-refractivity contribution in [3.05, 3.63) is 48.3 Å². The minimum Gasteiger partial charge on any atom is -0.454 e. The molecule has 0 aromatic heterocycles. The third kappa shape index (κ3) is 3.22. The minimum absolute atomic E-state index is 0.0943. The van der Waals surface area contributed by atoms with Crippen LogP contribution in [0, 0.1) is 5.82 Å². The molecule has 1 amide bonds. The van der Waals surface area contributed by atoms with Crippen LogP contribution in [0.4, 0.5) is 15.8 Å². The van der Waals surface area contributed by atoms with Crippen LogP contribution in [0.25, 0.3) is 0 Å². The Bertz CT molecular complexity index is 658. The van der Waals surface area contributed by atoms with Crippen molar-refractivity contribution < 1.29 is 18.7 Å². The molecule has 1 aliphatic rings. The van der Waals surface area contributed by atoms with E-state index in [1.54, 1.807) is 18.2 Å². The van der Waals surface area contributed by atoms with Crippen molar-refractivity contribution in [1.29, 1.82) is 0 Å². The van der Waals surface area contributed by atoms with Crippen LogP contribution in [0.2, 0.25) is 0 Å². The predicted octanol–water partition coefficient (Wildman–Crippen LogP) is 2.61. The molecule has 6 heteroatoms. The molecule has 108 valence electrons. The summed E-state index contributed by atoms with van der Waals surface area (Å²) < 4.78 is 23.2. The molecule has 0 atom stereocenters. The van der Waals surface area contributed by atoms with Crippen molar-refractivity contribution in [2.24, 2.45) is 0 Å². The molecule has 0 aliphatic carbocycles. The van der Waals surface area contributed by atoms with Crippen molar-refractivity contribution in [2.75, 3.05) is 24.0 Å². The molecule has 0 saturated heterocycles. The molecule has 0 spiro atoms. The molecule has 2 aromatic rings. The third-order valence-electron chi connectivity index (χ3n) is 2.95. The molecule has 5 nitrogen and oxygen atoms in total. The number of hydrogen-bond acceptors (Lipinski definition) is 4. The molecule has 3 rings (SSSR count). The van der Waals surface area contributed by atoms with E-state index in [1.807, 2.05) is 0 Å². The first-order valence-electron chi connectivity index (χ1n) is 6.40. The standard InChI is InChI=1S/C15H13FN2O3/c16-10-1-3-11(4-2-10)18-15(19)8-17-12-5-6-13-14(7-12)21-9-20-13/h1-7,17H,8-9H2,(H,18,19). The molecule has 0 saturated carbocycles. The van der Waals surface area contributed by atoms with Crippen molar-refractivity contribution in [2.45, 2.75) is 0 Å². The Morgan fingerprint density at radius 3 is 2.57 bits per heavy atom. The summed E-state index contributed by atoms with van der Waals surface area (Å²) in [6, 6.07) is 11.0. The van der Waals surface area contributed by atoms with Gasteiger partial charge in [0.05, 0.1) is 6.54 Å². The number of amides is 1. The van der Waals surface area contributed by atoms with Crippen molar-refractivity contribution in [3.63, 3.8) is 0 Å². The van der Waals surface area contributed by atoms with Gasteiger partial charge in [0.25, 0.3) is 0 Å². The lowest BCUT2D eigenvalue weighted by atomic mass is 10.2. The van der Waals surface area contributed by atoms with E-state index in [2.05, 4.69) is 10.6 Å². The Morgan fingerprint density at radius 1 is 1.05 bits per heavy atom. The number of halogens is 1. The van der Waals surface area contributed by atoms with E-state index >= 15 is 0 Å². The molecule has 21 heavy (non-hydrogen) atoms. The van der Waals surface area contributed by atoms with Crippen LogP contribution >= 0.6 is 0 Å². The zero-order valence-corrected chi connectivity index (χ0v) is 11.1. The van der Waals surface area contributed by atoms with Gasteiger partial charge >= 0.3 is 0 Å². The average molecular weight is 288 g/mol. The number of nitrogens with one attached hydrogen (secondary N) is 2. The Morgan fingerprint density at radius 2 is 1.76 bits per heavy atom. The summed E-state index contributed by atoms with van der Waals surface area (Å²) in [6.07, 6.45) is 0. The fourth-order valence-corrected chi connectivity index (χ4v) is 1.93. The molecule has 2 N–H and O–H groups in total. The second-order valence-electron chi connectivity index (χ2n) is 4.48. The van der Waals surface area contributed by atoms with Gasteiger partial charge in [-0.25, -0.2) is 4.39 Å². The van der Waals surface area contributed by atoms with Gasteiger partial charge in [0.2, 0.25) is 12.7 Å². The van der Waals surface area contributed by atoms with Gasteiger partial charge in [-0.1, -0.05) is 0 Å². The number of ether oxygens (including phenoxy) is 2. The number of hydrogen-bond donors (Lipinski definition) is 2. The van der Waals surface area contributed by atoms with Gasteiger partial charge in [0.15, 0.2) is 11.5 Å². The highest BCUT2D eigenvalue weighted by molar-refractivity contribution is 5.93. The maximum atomic E-state index is 12.8. The summed E-state index contributed by atoms with van der Waals surface area (Å²) in [5.41, 5.74) is 1.31. The van der Waals surface area contributed by atoms with Crippen LogP contribution < -0.4 is 20.1 Å². The van der Waals surface area contributed by atoms with Gasteiger partial charge < -0.3 is 20.1 Å². The normalized spacial score (nSPS) is 12.0. The van der Waals surface area contributed by atoms with Gasteiger partial charge in [0.1, 0.15) is 5.82 Å². The van der Waals surface area contributed by atoms with Gasteiger partial charge in [-0.05, 0) is 36.4 Å². The Balaban J connectivity index is 1.55. The summed E-state index contributed by atoms with van der Waals surface area (Å²) in [4.78, 5) is 11.8. The topological polar surface area (TPSA) is 59.6 Å². The smallest absolute Gasteiger partial charge is 0.243 e. The quantitative estimate of drug-likeness (QED) is 0.908. The summed E-state index contributed by atoms with van der Waals surface area (Å²) in [5, 5.41) is 5.65. The Hall–Kier alpha value is -2.76. The van der Waals surface area contributed by atoms with Gasteiger partial charge in [-0.15, -0.1) is 0 Å². The van der Waals surface area contributed by atoms with E-state index in [9.17, 15) is 9.18 Å². The van der Waals surface area contributed by atoms with Crippen LogP contribution in [-0.4, -0.2) is 19.2 Å². The maximum Gasteiger partial charge on any atom is 0.243 e. The predicted molar refractivity (Wildman–Crippen MR) is 76.1 cm³/mol. The third-order valence-corrected chi connectivity index (χ3v) is 2.95. The van der Waals surface area contributed by atoms with Crippen molar-refractivity contribution in [1.82, 2.24) is 0 Å². The van der Waals surface area contributed by atoms with Crippen LogP contribution in [0.3, 0.4) is 0 Å². The van der Waals surface area contributed by atoms with Crippen LogP contribution in [0.1, 0.15) is 0 Å². The van der Waals surface area contributed by atoms with E-state index in [1.165, 1.54) is 24.3 Å². The molecule has 2 aromatic carbocycles. The summed E-state index contributed by atoms with van der Waals surface area (Å²) in [6.45, 7) is 0.306. The van der Waals surface area contributed by atoms with E-state index in [-0.39, 0.29) is 25.1 Å². The first-order chi connectivity index (χ1) is 10.2. The number of carbonyl (C=O) groups is 1. The second-order valence-corrected chi connectivity index (χ2v) is 4.48. The monoisotopic (exact) mass is 288 g/mol. The maximum absolute atomic E-state index is 12.8. The zero-order chi connectivity index (χ0) is 14.7. The minimum atomic E-state index is -0.341. The zero-order valence-electron chi connectivity index (χ0n) is 11.1. The average Bonchev–Trinajstić information content (AvgIpc) is 2.95. The largest absolute Gasteiger partial charge is 0.454 e. The molecular weight excluding hydrogens is 275 g/mol. The number of carbonyl (C=O) groups excluding carboxylic acids is 1. The van der Waals surface area contributed by atoms with Gasteiger partial charge in [-0.3, -0.25) is 4.79 Å². The molecule has 0 bridgehead atoms. The number of fused-ring (bicyclic) bond motifs is 1.